The van der Waals surface area contributed by atoms with Crippen LogP contribution in [0.4, 0.5) is 0 Å². The van der Waals surface area contributed by atoms with Crippen LogP contribution in [0.5, 0.6) is 0 Å². The fourth-order valence-electron chi connectivity index (χ4n) is 3.42. The second-order valence-corrected chi connectivity index (χ2v) is 7.09. The van der Waals surface area contributed by atoms with E-state index in [1.54, 1.807) is 7.11 Å². The molecule has 5 aromatic rings. The summed E-state index contributed by atoms with van der Waals surface area (Å²) in [5.41, 5.74) is 1.59. The highest BCUT2D eigenvalue weighted by molar-refractivity contribution is 7.31. The fourth-order valence-corrected chi connectivity index (χ4v) is 4.24. The van der Waals surface area contributed by atoms with Crippen LogP contribution in [0.25, 0.3) is 43.5 Å². The molecule has 0 radical (unpaired) electrons. The number of hydrogen-bond donors (Lipinski definition) is 0. The zero-order chi connectivity index (χ0) is 16.8. The summed E-state index contributed by atoms with van der Waals surface area (Å²) in [6.07, 6.45) is 0. The van der Waals surface area contributed by atoms with Crippen LogP contribution in [0.3, 0.4) is 0 Å². The van der Waals surface area contributed by atoms with Crippen LogP contribution in [0.1, 0.15) is 0 Å². The molecule has 0 aliphatic heterocycles. The smallest absolute Gasteiger partial charge is 0.387 e. The SMILES string of the molecule is COp1oc2ccc3ccccc3c2c2c(ccc3ccccc32)o1. The van der Waals surface area contributed by atoms with E-state index in [-0.39, 0.29) is 0 Å². The summed E-state index contributed by atoms with van der Waals surface area (Å²) in [4.78, 5) is 0. The third kappa shape index (κ3) is 2.25. The molecular formula is C21H15O3P. The molecule has 0 spiro atoms. The van der Waals surface area contributed by atoms with E-state index in [1.165, 1.54) is 10.8 Å². The van der Waals surface area contributed by atoms with Crippen molar-refractivity contribution < 1.29 is 12.9 Å². The van der Waals surface area contributed by atoms with Gasteiger partial charge in [0.25, 0.3) is 0 Å². The van der Waals surface area contributed by atoms with Crippen molar-refractivity contribution in [2.24, 2.45) is 0 Å². The minimum Gasteiger partial charge on any atom is -0.399 e. The standard InChI is InChI=1S/C21H15O3P/c1-22-25-23-18-12-10-14-6-2-4-8-16(14)20(18)21-17-9-5-3-7-15(17)11-13-19(21)24-25/h2-13H,1H3. The first-order chi connectivity index (χ1) is 12.3. The van der Waals surface area contributed by atoms with Crippen molar-refractivity contribution in [2.75, 3.05) is 7.11 Å². The molecule has 3 nitrogen and oxygen atoms in total. The molecule has 0 bridgehead atoms. The predicted molar refractivity (Wildman–Crippen MR) is 104 cm³/mol. The van der Waals surface area contributed by atoms with Crippen LogP contribution in [0.2, 0.25) is 0 Å². The normalized spacial score (nSPS) is 11.6. The van der Waals surface area contributed by atoms with Crippen LogP contribution >= 0.6 is 8.24 Å². The maximum Gasteiger partial charge on any atom is 0.387 e. The average molecular weight is 346 g/mol. The summed E-state index contributed by atoms with van der Waals surface area (Å²) in [5.74, 6) is 0. The van der Waals surface area contributed by atoms with Gasteiger partial charge in [0.05, 0.1) is 7.11 Å². The monoisotopic (exact) mass is 346 g/mol. The van der Waals surface area contributed by atoms with E-state index < -0.39 is 8.24 Å². The van der Waals surface area contributed by atoms with Crippen LogP contribution < -0.4 is 4.52 Å². The molecule has 0 saturated heterocycles. The molecule has 1 heterocycles. The van der Waals surface area contributed by atoms with Gasteiger partial charge in [-0.3, -0.25) is 4.52 Å². The second kappa shape index (κ2) is 5.66. The minimum absolute atomic E-state index is 0.793. The van der Waals surface area contributed by atoms with Crippen molar-refractivity contribution in [2.45, 2.75) is 0 Å². The van der Waals surface area contributed by atoms with Gasteiger partial charge in [-0.25, -0.2) is 0 Å². The summed E-state index contributed by atoms with van der Waals surface area (Å²) >= 11 is 0. The molecule has 0 amide bonds. The number of benzene rings is 4. The van der Waals surface area contributed by atoms with Crippen molar-refractivity contribution in [1.82, 2.24) is 0 Å². The van der Waals surface area contributed by atoms with Gasteiger partial charge in [-0.1, -0.05) is 60.7 Å². The van der Waals surface area contributed by atoms with E-state index in [2.05, 4.69) is 60.7 Å². The van der Waals surface area contributed by atoms with Gasteiger partial charge in [-0.05, 0) is 33.7 Å². The Kier molecular flexibility index (Phi) is 3.30. The summed E-state index contributed by atoms with van der Waals surface area (Å²) in [6.45, 7) is 0. The van der Waals surface area contributed by atoms with Crippen molar-refractivity contribution >= 4 is 51.7 Å². The molecule has 0 unspecified atom stereocenters. The Labute approximate surface area is 145 Å². The van der Waals surface area contributed by atoms with Gasteiger partial charge in [0.15, 0.2) is 0 Å². The van der Waals surface area contributed by atoms with E-state index in [1.807, 2.05) is 12.1 Å². The van der Waals surface area contributed by atoms with Gasteiger partial charge in [0.2, 0.25) is 0 Å². The minimum atomic E-state index is -1.48. The first-order valence-corrected chi connectivity index (χ1v) is 9.19. The summed E-state index contributed by atoms with van der Waals surface area (Å²) < 4.78 is 17.6. The lowest BCUT2D eigenvalue weighted by Gasteiger charge is -2.05. The average Bonchev–Trinajstić information content (AvgIpc) is 2.84. The molecule has 25 heavy (non-hydrogen) atoms. The number of rotatable bonds is 1. The molecule has 5 rings (SSSR count). The Balaban J connectivity index is 2.20. The highest BCUT2D eigenvalue weighted by Crippen LogP contribution is 2.39. The first kappa shape index (κ1) is 14.6. The first-order valence-electron chi connectivity index (χ1n) is 8.09. The van der Waals surface area contributed by atoms with Gasteiger partial charge in [-0.2, -0.15) is 0 Å². The summed E-state index contributed by atoms with van der Waals surface area (Å²) in [5, 5.41) is 6.77. The Morgan fingerprint density at radius 1 is 0.640 bits per heavy atom. The zero-order valence-corrected chi connectivity index (χ0v) is 14.5. The Bertz CT molecular complexity index is 1190. The lowest BCUT2D eigenvalue weighted by molar-refractivity contribution is 0.455. The van der Waals surface area contributed by atoms with Gasteiger partial charge in [0, 0.05) is 10.8 Å². The van der Waals surface area contributed by atoms with E-state index in [9.17, 15) is 0 Å². The third-order valence-electron chi connectivity index (χ3n) is 4.53. The molecule has 4 heteroatoms. The van der Waals surface area contributed by atoms with E-state index in [0.29, 0.717) is 0 Å². The quantitative estimate of drug-likeness (QED) is 0.341. The Hall–Kier alpha value is -2.74. The maximum atomic E-state index is 6.07. The highest BCUT2D eigenvalue weighted by Gasteiger charge is 2.12. The molecule has 0 atom stereocenters. The van der Waals surface area contributed by atoms with Crippen molar-refractivity contribution in [3.05, 3.63) is 72.8 Å². The molecule has 0 N–H and O–H groups in total. The molecule has 0 aliphatic rings. The van der Waals surface area contributed by atoms with Crippen LogP contribution in [0.15, 0.2) is 81.2 Å². The van der Waals surface area contributed by atoms with Crippen LogP contribution in [-0.2, 0) is 0 Å². The number of hydrogen-bond acceptors (Lipinski definition) is 3. The van der Waals surface area contributed by atoms with E-state index in [4.69, 9.17) is 12.9 Å². The van der Waals surface area contributed by atoms with E-state index >= 15 is 0 Å². The van der Waals surface area contributed by atoms with Crippen molar-refractivity contribution in [3.8, 4) is 0 Å². The van der Waals surface area contributed by atoms with Gasteiger partial charge in [0.1, 0.15) is 11.2 Å². The molecule has 122 valence electrons. The van der Waals surface area contributed by atoms with Gasteiger partial charge >= 0.3 is 8.24 Å². The molecular weight excluding hydrogens is 331 g/mol. The fraction of sp³-hybridized carbons (Fsp3) is 0.0476. The second-order valence-electron chi connectivity index (χ2n) is 5.91. The Morgan fingerprint density at radius 2 is 1.12 bits per heavy atom. The van der Waals surface area contributed by atoms with E-state index in [0.717, 1.165) is 32.7 Å². The Morgan fingerprint density at radius 3 is 1.60 bits per heavy atom. The predicted octanol–water partition coefficient (Wildman–Crippen LogP) is 6.65. The van der Waals surface area contributed by atoms with Gasteiger partial charge < -0.3 is 8.39 Å². The van der Waals surface area contributed by atoms with Crippen molar-refractivity contribution in [3.63, 3.8) is 0 Å². The van der Waals surface area contributed by atoms with Gasteiger partial charge in [-0.15, -0.1) is 0 Å². The molecule has 1 aromatic heterocycles. The molecule has 0 fully saturated rings. The molecule has 0 aliphatic carbocycles. The topological polar surface area (TPSA) is 35.5 Å². The molecule has 0 saturated carbocycles. The summed E-state index contributed by atoms with van der Waals surface area (Å²) in [7, 11) is 0.129. The number of fused-ring (bicyclic) bond motifs is 7. The van der Waals surface area contributed by atoms with Crippen LogP contribution in [0, 0.1) is 0 Å². The van der Waals surface area contributed by atoms with Crippen LogP contribution in [-0.4, -0.2) is 7.11 Å². The highest BCUT2D eigenvalue weighted by atomic mass is 31.1. The van der Waals surface area contributed by atoms with Crippen molar-refractivity contribution in [1.29, 1.82) is 0 Å². The third-order valence-corrected chi connectivity index (χ3v) is 5.52. The lowest BCUT2D eigenvalue weighted by Crippen LogP contribution is -1.79. The largest absolute Gasteiger partial charge is 0.399 e. The molecule has 4 aromatic carbocycles. The zero-order valence-electron chi connectivity index (χ0n) is 13.6. The summed E-state index contributed by atoms with van der Waals surface area (Å²) in [6, 6.07) is 24.9. The lowest BCUT2D eigenvalue weighted by atomic mass is 9.99. The maximum absolute atomic E-state index is 6.07.